The van der Waals surface area contributed by atoms with Crippen LogP contribution in [0.15, 0.2) is 42.5 Å². The van der Waals surface area contributed by atoms with Crippen LogP contribution in [0.5, 0.6) is 0 Å². The Balaban J connectivity index is 2.02. The molecule has 26 heavy (non-hydrogen) atoms. The van der Waals surface area contributed by atoms with Gasteiger partial charge in [-0.15, -0.1) is 11.3 Å². The monoisotopic (exact) mass is 389 g/mol. The molecule has 0 aliphatic carbocycles. The number of hydrogen-bond acceptors (Lipinski definition) is 5. The maximum absolute atomic E-state index is 12.7. The Kier molecular flexibility index (Phi) is 4.92. The molecule has 1 heterocycles. The van der Waals surface area contributed by atoms with Crippen LogP contribution in [0.4, 0.5) is 5.69 Å². The van der Waals surface area contributed by atoms with Gasteiger partial charge in [-0.3, -0.25) is 4.79 Å². The number of ether oxygens (including phenoxy) is 1. The summed E-state index contributed by atoms with van der Waals surface area (Å²) in [5.74, 6) is -2.42. The van der Waals surface area contributed by atoms with Crippen LogP contribution in [-0.4, -0.2) is 30.1 Å². The van der Waals surface area contributed by atoms with Crippen molar-refractivity contribution in [3.8, 4) is 0 Å². The molecule has 0 bridgehead atoms. The van der Waals surface area contributed by atoms with E-state index in [2.05, 4.69) is 10.1 Å². The van der Waals surface area contributed by atoms with Crippen LogP contribution in [0.1, 0.15) is 30.4 Å². The van der Waals surface area contributed by atoms with Crippen molar-refractivity contribution in [3.63, 3.8) is 0 Å². The van der Waals surface area contributed by atoms with Crippen LogP contribution in [-0.2, 0) is 4.74 Å². The van der Waals surface area contributed by atoms with Gasteiger partial charge in [0, 0.05) is 10.1 Å². The summed E-state index contributed by atoms with van der Waals surface area (Å²) in [4.78, 5) is 36.0. The molecule has 0 aliphatic rings. The number of methoxy groups -OCH3 is 1. The lowest BCUT2D eigenvalue weighted by molar-refractivity contribution is 0.0599. The van der Waals surface area contributed by atoms with Crippen LogP contribution >= 0.6 is 22.9 Å². The SMILES string of the molecule is COC(=O)c1ccc(C(=O)O)cc1NC(=O)c1sc2ccccc2c1Cl. The first-order chi connectivity index (χ1) is 12.4. The van der Waals surface area contributed by atoms with E-state index in [1.54, 1.807) is 6.07 Å². The molecule has 0 unspecified atom stereocenters. The highest BCUT2D eigenvalue weighted by atomic mass is 35.5. The molecule has 0 radical (unpaired) electrons. The van der Waals surface area contributed by atoms with E-state index in [0.29, 0.717) is 5.02 Å². The van der Waals surface area contributed by atoms with Gasteiger partial charge in [-0.05, 0) is 24.3 Å². The van der Waals surface area contributed by atoms with E-state index in [9.17, 15) is 14.4 Å². The van der Waals surface area contributed by atoms with Crippen LogP contribution in [0, 0.1) is 0 Å². The van der Waals surface area contributed by atoms with Crippen molar-refractivity contribution >= 4 is 56.6 Å². The number of fused-ring (bicyclic) bond motifs is 1. The number of benzene rings is 2. The number of carboxylic acid groups (broad SMARTS) is 1. The molecule has 8 heteroatoms. The van der Waals surface area contributed by atoms with E-state index in [4.69, 9.17) is 16.7 Å². The first kappa shape index (κ1) is 17.9. The Hall–Kier alpha value is -2.90. The molecular formula is C18H12ClNO5S. The van der Waals surface area contributed by atoms with Crippen LogP contribution in [0.2, 0.25) is 5.02 Å². The second-order valence-corrected chi connectivity index (χ2v) is 6.68. The molecule has 0 spiro atoms. The molecule has 3 aromatic rings. The number of amides is 1. The first-order valence-corrected chi connectivity index (χ1v) is 8.56. The second-order valence-electron chi connectivity index (χ2n) is 5.25. The number of rotatable bonds is 4. The Morgan fingerprint density at radius 1 is 1.15 bits per heavy atom. The number of halogens is 1. The summed E-state index contributed by atoms with van der Waals surface area (Å²) in [7, 11) is 1.20. The molecule has 0 aliphatic heterocycles. The Labute approximate surface area is 157 Å². The van der Waals surface area contributed by atoms with Gasteiger partial charge < -0.3 is 15.2 Å². The van der Waals surface area contributed by atoms with Crippen molar-refractivity contribution in [2.45, 2.75) is 0 Å². The van der Waals surface area contributed by atoms with Crippen molar-refractivity contribution < 1.29 is 24.2 Å². The van der Waals surface area contributed by atoms with Crippen LogP contribution < -0.4 is 5.32 Å². The zero-order valence-corrected chi connectivity index (χ0v) is 15.0. The number of anilines is 1. The number of aromatic carboxylic acids is 1. The maximum Gasteiger partial charge on any atom is 0.339 e. The molecule has 0 saturated heterocycles. The van der Waals surface area contributed by atoms with Gasteiger partial charge in [0.1, 0.15) is 4.88 Å². The van der Waals surface area contributed by atoms with Gasteiger partial charge >= 0.3 is 11.9 Å². The summed E-state index contributed by atoms with van der Waals surface area (Å²) in [5, 5.41) is 12.8. The van der Waals surface area contributed by atoms with Gasteiger partial charge in [-0.1, -0.05) is 29.8 Å². The number of carbonyl (C=O) groups excluding carboxylic acids is 2. The van der Waals surface area contributed by atoms with Crippen molar-refractivity contribution in [1.29, 1.82) is 0 Å². The smallest absolute Gasteiger partial charge is 0.339 e. The van der Waals surface area contributed by atoms with E-state index >= 15 is 0 Å². The zero-order chi connectivity index (χ0) is 18.8. The maximum atomic E-state index is 12.7. The summed E-state index contributed by atoms with van der Waals surface area (Å²) in [5.41, 5.74) is 0.00810. The molecular weight excluding hydrogens is 378 g/mol. The minimum Gasteiger partial charge on any atom is -0.478 e. The lowest BCUT2D eigenvalue weighted by Crippen LogP contribution is -2.15. The lowest BCUT2D eigenvalue weighted by Gasteiger charge is -2.10. The van der Waals surface area contributed by atoms with Gasteiger partial charge in [0.25, 0.3) is 5.91 Å². The van der Waals surface area contributed by atoms with Gasteiger partial charge in [0.15, 0.2) is 0 Å². The molecule has 0 atom stereocenters. The van der Waals surface area contributed by atoms with E-state index < -0.39 is 17.8 Å². The Morgan fingerprint density at radius 3 is 2.54 bits per heavy atom. The van der Waals surface area contributed by atoms with Crippen molar-refractivity contribution in [3.05, 3.63) is 63.5 Å². The zero-order valence-electron chi connectivity index (χ0n) is 13.4. The topological polar surface area (TPSA) is 92.7 Å². The van der Waals surface area contributed by atoms with E-state index in [0.717, 1.165) is 10.1 Å². The summed E-state index contributed by atoms with van der Waals surface area (Å²) in [6.07, 6.45) is 0. The highest BCUT2D eigenvalue weighted by Gasteiger charge is 2.21. The highest BCUT2D eigenvalue weighted by Crippen LogP contribution is 2.35. The number of thiophene rings is 1. The molecule has 2 aromatic carbocycles. The average molecular weight is 390 g/mol. The molecule has 132 valence electrons. The average Bonchev–Trinajstić information content (AvgIpc) is 2.98. The first-order valence-electron chi connectivity index (χ1n) is 7.36. The standard InChI is InChI=1S/C18H12ClNO5S/c1-25-18(24)10-7-6-9(17(22)23)8-12(10)20-16(21)15-14(19)11-4-2-3-5-13(11)26-15/h2-8H,1H3,(H,20,21)(H,22,23). The highest BCUT2D eigenvalue weighted by molar-refractivity contribution is 7.21. The van der Waals surface area contributed by atoms with Crippen LogP contribution in [0.3, 0.4) is 0 Å². The van der Waals surface area contributed by atoms with Crippen molar-refractivity contribution in [1.82, 2.24) is 0 Å². The number of carboxylic acids is 1. The largest absolute Gasteiger partial charge is 0.478 e. The number of carbonyl (C=O) groups is 3. The fourth-order valence-corrected chi connectivity index (χ4v) is 3.82. The molecule has 0 saturated carbocycles. The molecule has 3 rings (SSSR count). The Bertz CT molecular complexity index is 1040. The summed E-state index contributed by atoms with van der Waals surface area (Å²) < 4.78 is 5.52. The van der Waals surface area contributed by atoms with Crippen molar-refractivity contribution in [2.24, 2.45) is 0 Å². The molecule has 1 aromatic heterocycles. The minimum atomic E-state index is -1.18. The summed E-state index contributed by atoms with van der Waals surface area (Å²) in [6.45, 7) is 0. The predicted molar refractivity (Wildman–Crippen MR) is 99.5 cm³/mol. The van der Waals surface area contributed by atoms with Crippen LogP contribution in [0.25, 0.3) is 10.1 Å². The molecule has 0 fully saturated rings. The number of nitrogens with one attached hydrogen (secondary N) is 1. The summed E-state index contributed by atoms with van der Waals surface area (Å²) >= 11 is 7.50. The third kappa shape index (κ3) is 3.26. The third-order valence-corrected chi connectivity index (χ3v) is 5.34. The molecule has 1 amide bonds. The normalized spacial score (nSPS) is 10.5. The van der Waals surface area contributed by atoms with Gasteiger partial charge in [-0.25, -0.2) is 9.59 Å². The van der Waals surface area contributed by atoms with E-state index in [1.807, 2.05) is 18.2 Å². The van der Waals surface area contributed by atoms with E-state index in [-0.39, 0.29) is 21.7 Å². The molecule has 2 N–H and O–H groups in total. The minimum absolute atomic E-state index is 0.0373. The van der Waals surface area contributed by atoms with E-state index in [1.165, 1.54) is 36.6 Å². The number of esters is 1. The van der Waals surface area contributed by atoms with Gasteiger partial charge in [0.2, 0.25) is 0 Å². The van der Waals surface area contributed by atoms with Gasteiger partial charge in [-0.2, -0.15) is 0 Å². The Morgan fingerprint density at radius 2 is 1.88 bits per heavy atom. The fourth-order valence-electron chi connectivity index (χ4n) is 2.41. The summed E-state index contributed by atoms with van der Waals surface area (Å²) in [6, 6.07) is 11.0. The fraction of sp³-hybridized carbons (Fsp3) is 0.0556. The second kappa shape index (κ2) is 7.15. The van der Waals surface area contributed by atoms with Crippen molar-refractivity contribution in [2.75, 3.05) is 12.4 Å². The lowest BCUT2D eigenvalue weighted by atomic mass is 10.1. The predicted octanol–water partition coefficient (Wildman–Crippen LogP) is 4.29. The number of hydrogen-bond donors (Lipinski definition) is 2. The molecule has 6 nitrogen and oxygen atoms in total. The van der Waals surface area contributed by atoms with Gasteiger partial charge in [0.05, 0.1) is 28.9 Å². The third-order valence-electron chi connectivity index (χ3n) is 3.66. The quantitative estimate of drug-likeness (QED) is 0.649.